The van der Waals surface area contributed by atoms with E-state index in [4.69, 9.17) is 0 Å². The number of aryl methyl sites for hydroxylation is 1. The second-order valence-corrected chi connectivity index (χ2v) is 4.96. The highest BCUT2D eigenvalue weighted by molar-refractivity contribution is 9.10. The van der Waals surface area contributed by atoms with E-state index in [1.165, 1.54) is 4.68 Å². The number of anilines is 1. The summed E-state index contributed by atoms with van der Waals surface area (Å²) < 4.78 is 1.85. The molecular formula is C12H21BrN4O. The Morgan fingerprint density at radius 3 is 2.78 bits per heavy atom. The fraction of sp³-hybridized carbons (Fsp3) is 0.667. The van der Waals surface area contributed by atoms with Crippen LogP contribution in [0.5, 0.6) is 0 Å². The molecule has 0 atom stereocenters. The van der Waals surface area contributed by atoms with Gasteiger partial charge in [-0.1, -0.05) is 13.8 Å². The molecule has 0 aromatic carbocycles. The van der Waals surface area contributed by atoms with Crippen molar-refractivity contribution in [3.05, 3.63) is 21.0 Å². The van der Waals surface area contributed by atoms with Gasteiger partial charge in [0.15, 0.2) is 0 Å². The van der Waals surface area contributed by atoms with Crippen molar-refractivity contribution in [2.75, 3.05) is 31.5 Å². The number of aromatic nitrogens is 2. The Bertz CT molecular complexity index is 433. The molecule has 0 bridgehead atoms. The van der Waals surface area contributed by atoms with E-state index in [1.54, 1.807) is 13.2 Å². The first-order valence-corrected chi connectivity index (χ1v) is 7.07. The van der Waals surface area contributed by atoms with E-state index >= 15 is 0 Å². The molecule has 0 aliphatic rings. The highest BCUT2D eigenvalue weighted by Gasteiger charge is 2.06. The number of nitrogens with one attached hydrogen (secondary N) is 1. The first-order valence-electron chi connectivity index (χ1n) is 6.28. The second kappa shape index (κ2) is 7.53. The van der Waals surface area contributed by atoms with E-state index in [2.05, 4.69) is 45.1 Å². The van der Waals surface area contributed by atoms with Gasteiger partial charge in [0.1, 0.15) is 4.47 Å². The molecule has 1 heterocycles. The highest BCUT2D eigenvalue weighted by Crippen LogP contribution is 2.15. The van der Waals surface area contributed by atoms with Crippen LogP contribution in [0.1, 0.15) is 20.3 Å². The third kappa shape index (κ3) is 4.10. The predicted molar refractivity (Wildman–Crippen MR) is 78.1 cm³/mol. The lowest BCUT2D eigenvalue weighted by Gasteiger charge is -2.20. The lowest BCUT2D eigenvalue weighted by atomic mass is 10.4. The summed E-state index contributed by atoms with van der Waals surface area (Å²) in [5.74, 6) is 0. The van der Waals surface area contributed by atoms with Crippen molar-refractivity contribution in [3.63, 3.8) is 0 Å². The van der Waals surface area contributed by atoms with E-state index in [1.807, 2.05) is 0 Å². The third-order valence-corrected chi connectivity index (χ3v) is 3.58. The predicted octanol–water partition coefficient (Wildman–Crippen LogP) is 1.69. The van der Waals surface area contributed by atoms with Crippen molar-refractivity contribution < 1.29 is 0 Å². The zero-order valence-electron chi connectivity index (χ0n) is 11.2. The van der Waals surface area contributed by atoms with Crippen LogP contribution in [0.3, 0.4) is 0 Å². The number of hydrogen-bond acceptors (Lipinski definition) is 4. The largest absolute Gasteiger partial charge is 0.381 e. The van der Waals surface area contributed by atoms with Gasteiger partial charge in [0.25, 0.3) is 5.56 Å². The Morgan fingerprint density at radius 2 is 2.17 bits per heavy atom. The van der Waals surface area contributed by atoms with E-state index in [9.17, 15) is 4.79 Å². The Hall–Kier alpha value is -0.880. The van der Waals surface area contributed by atoms with Gasteiger partial charge >= 0.3 is 0 Å². The zero-order valence-corrected chi connectivity index (χ0v) is 12.8. The van der Waals surface area contributed by atoms with Gasteiger partial charge in [0.05, 0.1) is 11.9 Å². The minimum absolute atomic E-state index is 0.124. The number of likely N-dealkylation sites (N-methyl/N-ethyl adjacent to an activating group) is 1. The molecule has 0 radical (unpaired) electrons. The molecule has 1 N–H and O–H groups in total. The van der Waals surface area contributed by atoms with Gasteiger partial charge in [-0.3, -0.25) is 4.79 Å². The molecule has 5 nitrogen and oxygen atoms in total. The number of halogens is 1. The average molecular weight is 317 g/mol. The molecule has 0 fully saturated rings. The van der Waals surface area contributed by atoms with Gasteiger partial charge in [-0.2, -0.15) is 5.10 Å². The van der Waals surface area contributed by atoms with Crippen LogP contribution in [0.25, 0.3) is 0 Å². The molecule has 0 unspecified atom stereocenters. The van der Waals surface area contributed by atoms with Crippen LogP contribution < -0.4 is 10.9 Å². The lowest BCUT2D eigenvalue weighted by Crippen LogP contribution is -2.30. The van der Waals surface area contributed by atoms with Crippen molar-refractivity contribution in [3.8, 4) is 0 Å². The Kier molecular flexibility index (Phi) is 6.35. The topological polar surface area (TPSA) is 50.2 Å². The number of nitrogens with zero attached hydrogens (tertiary/aromatic N) is 3. The van der Waals surface area contributed by atoms with Crippen molar-refractivity contribution in [1.29, 1.82) is 0 Å². The van der Waals surface area contributed by atoms with Gasteiger partial charge in [0, 0.05) is 20.1 Å². The second-order valence-electron chi connectivity index (χ2n) is 4.16. The Balaban J connectivity index is 2.54. The first-order chi connectivity index (χ1) is 8.60. The van der Waals surface area contributed by atoms with Gasteiger partial charge in [-0.15, -0.1) is 0 Å². The summed E-state index contributed by atoms with van der Waals surface area (Å²) in [6, 6.07) is 0. The molecule has 0 amide bonds. The summed E-state index contributed by atoms with van der Waals surface area (Å²) in [5, 5.41) is 7.23. The fourth-order valence-corrected chi connectivity index (χ4v) is 2.23. The Labute approximate surface area is 116 Å². The van der Waals surface area contributed by atoms with E-state index < -0.39 is 0 Å². The smallest absolute Gasteiger partial charge is 0.282 e. The van der Waals surface area contributed by atoms with E-state index in [0.29, 0.717) is 4.47 Å². The van der Waals surface area contributed by atoms with Crippen molar-refractivity contribution in [2.45, 2.75) is 20.3 Å². The molecule has 102 valence electrons. The quantitative estimate of drug-likeness (QED) is 0.831. The summed E-state index contributed by atoms with van der Waals surface area (Å²) >= 11 is 3.30. The van der Waals surface area contributed by atoms with Crippen LogP contribution in [0.2, 0.25) is 0 Å². The summed E-state index contributed by atoms with van der Waals surface area (Å²) in [6.45, 7) is 8.26. The molecule has 0 aliphatic heterocycles. The van der Waals surface area contributed by atoms with Crippen LogP contribution in [0, 0.1) is 0 Å². The van der Waals surface area contributed by atoms with Crippen LogP contribution in [-0.2, 0) is 7.05 Å². The molecule has 18 heavy (non-hydrogen) atoms. The molecule has 1 aromatic rings. The van der Waals surface area contributed by atoms with E-state index in [0.717, 1.165) is 38.3 Å². The van der Waals surface area contributed by atoms with Crippen molar-refractivity contribution >= 4 is 21.6 Å². The maximum atomic E-state index is 11.6. The normalized spacial score (nSPS) is 10.9. The summed E-state index contributed by atoms with van der Waals surface area (Å²) in [7, 11) is 1.64. The van der Waals surface area contributed by atoms with Gasteiger partial charge in [-0.25, -0.2) is 4.68 Å². The minimum Gasteiger partial charge on any atom is -0.381 e. The highest BCUT2D eigenvalue weighted by atomic mass is 79.9. The molecule has 0 saturated heterocycles. The van der Waals surface area contributed by atoms with Gasteiger partial charge < -0.3 is 10.2 Å². The lowest BCUT2D eigenvalue weighted by molar-refractivity contribution is 0.300. The molecule has 0 saturated carbocycles. The minimum atomic E-state index is -0.124. The van der Waals surface area contributed by atoms with Crippen LogP contribution >= 0.6 is 15.9 Å². The SMILES string of the molecule is CCCN(CC)CCNc1cnn(C)c(=O)c1Br. The fourth-order valence-electron chi connectivity index (χ4n) is 1.73. The van der Waals surface area contributed by atoms with Crippen molar-refractivity contribution in [1.82, 2.24) is 14.7 Å². The summed E-state index contributed by atoms with van der Waals surface area (Å²) in [4.78, 5) is 14.0. The molecule has 1 aromatic heterocycles. The number of hydrogen-bond donors (Lipinski definition) is 1. The van der Waals surface area contributed by atoms with Crippen LogP contribution in [-0.4, -0.2) is 40.9 Å². The zero-order chi connectivity index (χ0) is 13.5. The standard InChI is InChI=1S/C12H21BrN4O/c1-4-7-17(5-2)8-6-14-10-9-15-16(3)12(18)11(10)13/h9,14H,4-8H2,1-3H3. The first kappa shape index (κ1) is 15.2. The Morgan fingerprint density at radius 1 is 1.44 bits per heavy atom. The van der Waals surface area contributed by atoms with Crippen LogP contribution in [0.4, 0.5) is 5.69 Å². The van der Waals surface area contributed by atoms with Crippen molar-refractivity contribution in [2.24, 2.45) is 7.05 Å². The molecule has 6 heteroatoms. The molecule has 0 aliphatic carbocycles. The maximum Gasteiger partial charge on any atom is 0.282 e. The van der Waals surface area contributed by atoms with Crippen LogP contribution in [0.15, 0.2) is 15.5 Å². The van der Waals surface area contributed by atoms with E-state index in [-0.39, 0.29) is 5.56 Å². The summed E-state index contributed by atoms with van der Waals surface area (Å²) in [6.07, 6.45) is 2.83. The van der Waals surface area contributed by atoms with Gasteiger partial charge in [-0.05, 0) is 35.4 Å². The molecule has 0 spiro atoms. The molecular weight excluding hydrogens is 296 g/mol. The maximum absolute atomic E-state index is 11.6. The molecule has 1 rings (SSSR count). The van der Waals surface area contributed by atoms with Gasteiger partial charge in [0.2, 0.25) is 0 Å². The number of rotatable bonds is 7. The third-order valence-electron chi connectivity index (χ3n) is 2.81. The summed E-state index contributed by atoms with van der Waals surface area (Å²) in [5.41, 5.74) is 0.631. The monoisotopic (exact) mass is 316 g/mol. The average Bonchev–Trinajstić information content (AvgIpc) is 2.37.